The number of benzene rings is 2. The molecule has 4 aromatic rings. The average molecular weight is 558 g/mol. The summed E-state index contributed by atoms with van der Waals surface area (Å²) in [5.41, 5.74) is 2.58. The quantitative estimate of drug-likeness (QED) is 0.202. The fourth-order valence-corrected chi connectivity index (χ4v) is 5.55. The maximum Gasteiger partial charge on any atom is 0.261 e. The molecule has 40 heavy (non-hydrogen) atoms. The summed E-state index contributed by atoms with van der Waals surface area (Å²) in [6.45, 7) is 4.63. The number of amides is 1. The molecule has 1 saturated heterocycles. The van der Waals surface area contributed by atoms with Gasteiger partial charge in [0.2, 0.25) is 5.95 Å². The first-order valence-corrected chi connectivity index (χ1v) is 14.5. The van der Waals surface area contributed by atoms with Crippen LogP contribution in [0.25, 0.3) is 10.6 Å². The molecule has 0 saturated carbocycles. The third-order valence-electron chi connectivity index (χ3n) is 6.75. The largest absolute Gasteiger partial charge is 0.497 e. The Labute approximate surface area is 239 Å². The summed E-state index contributed by atoms with van der Waals surface area (Å²) in [5, 5.41) is 6.25. The van der Waals surface area contributed by atoms with Crippen LogP contribution in [-0.2, 0) is 6.54 Å². The van der Waals surface area contributed by atoms with Crippen molar-refractivity contribution in [2.75, 3.05) is 38.7 Å². The van der Waals surface area contributed by atoms with Gasteiger partial charge in [-0.2, -0.15) is 0 Å². The number of piperidine rings is 1. The first kappa shape index (κ1) is 27.6. The number of thiophene rings is 1. The standard InChI is InChI=1S/C31H35N5O3S/c1-38-25-10-5-8-23(20-25)22-33-30(37)29-13-12-28(40-29)27-14-15-32-31(35-27)34-24-9-6-11-26(21-24)39-19-7-18-36-16-3-2-4-17-36/h5-6,8-15,20-21H,2-4,7,16-19,22H2,1H3,(H,33,37)(H,32,34,35). The maximum atomic E-state index is 12.7. The lowest BCUT2D eigenvalue weighted by Crippen LogP contribution is -2.31. The molecule has 1 fully saturated rings. The zero-order valence-electron chi connectivity index (χ0n) is 22.8. The van der Waals surface area contributed by atoms with Crippen molar-refractivity contribution in [3.63, 3.8) is 0 Å². The fraction of sp³-hybridized carbons (Fsp3) is 0.323. The van der Waals surface area contributed by atoms with Gasteiger partial charge in [-0.3, -0.25) is 4.79 Å². The van der Waals surface area contributed by atoms with E-state index in [4.69, 9.17) is 9.47 Å². The molecule has 0 unspecified atom stereocenters. The average Bonchev–Trinajstić information content (AvgIpc) is 3.50. The van der Waals surface area contributed by atoms with Crippen molar-refractivity contribution in [1.82, 2.24) is 20.2 Å². The number of hydrogen-bond acceptors (Lipinski definition) is 8. The second-order valence-corrected chi connectivity index (χ2v) is 10.8. The van der Waals surface area contributed by atoms with E-state index < -0.39 is 0 Å². The highest BCUT2D eigenvalue weighted by molar-refractivity contribution is 7.17. The Bertz CT molecular complexity index is 1400. The number of nitrogens with zero attached hydrogens (tertiary/aromatic N) is 3. The van der Waals surface area contributed by atoms with Gasteiger partial charge >= 0.3 is 0 Å². The molecule has 2 aromatic heterocycles. The number of methoxy groups -OCH3 is 1. The van der Waals surface area contributed by atoms with E-state index in [1.165, 1.54) is 43.7 Å². The SMILES string of the molecule is COc1cccc(CNC(=O)c2ccc(-c3ccnc(Nc4cccc(OCCCN5CCCCC5)c4)n3)s2)c1. The molecule has 3 heterocycles. The normalized spacial score (nSPS) is 13.5. The Morgan fingerprint density at radius 2 is 1.85 bits per heavy atom. The highest BCUT2D eigenvalue weighted by Gasteiger charge is 2.13. The number of aromatic nitrogens is 2. The molecular weight excluding hydrogens is 522 g/mol. The fourth-order valence-electron chi connectivity index (χ4n) is 4.66. The van der Waals surface area contributed by atoms with Crippen molar-refractivity contribution >= 4 is 28.9 Å². The predicted octanol–water partition coefficient (Wildman–Crippen LogP) is 6.14. The van der Waals surface area contributed by atoms with E-state index in [9.17, 15) is 4.79 Å². The molecule has 0 radical (unpaired) electrons. The molecule has 1 aliphatic heterocycles. The van der Waals surface area contributed by atoms with Crippen molar-refractivity contribution in [3.05, 3.63) is 83.4 Å². The molecule has 0 aliphatic carbocycles. The summed E-state index contributed by atoms with van der Waals surface area (Å²) in [5.74, 6) is 1.94. The Morgan fingerprint density at radius 1 is 1.00 bits per heavy atom. The van der Waals surface area contributed by atoms with Crippen molar-refractivity contribution in [2.24, 2.45) is 0 Å². The Hall–Kier alpha value is -3.95. The molecule has 2 N–H and O–H groups in total. The molecule has 5 rings (SSSR count). The maximum absolute atomic E-state index is 12.7. The summed E-state index contributed by atoms with van der Waals surface area (Å²) in [7, 11) is 1.63. The third-order valence-corrected chi connectivity index (χ3v) is 7.86. The highest BCUT2D eigenvalue weighted by Crippen LogP contribution is 2.28. The number of nitrogens with one attached hydrogen (secondary N) is 2. The van der Waals surface area contributed by atoms with Crippen LogP contribution in [0, 0.1) is 0 Å². The lowest BCUT2D eigenvalue weighted by Gasteiger charge is -2.26. The number of anilines is 2. The van der Waals surface area contributed by atoms with E-state index in [0.29, 0.717) is 24.0 Å². The molecule has 208 valence electrons. The Morgan fingerprint density at radius 3 is 2.73 bits per heavy atom. The van der Waals surface area contributed by atoms with Gasteiger partial charge in [0.1, 0.15) is 11.5 Å². The van der Waals surface area contributed by atoms with E-state index in [1.54, 1.807) is 13.3 Å². The van der Waals surface area contributed by atoms with Crippen molar-refractivity contribution < 1.29 is 14.3 Å². The van der Waals surface area contributed by atoms with Gasteiger partial charge in [-0.25, -0.2) is 9.97 Å². The Balaban J connectivity index is 1.14. The molecule has 8 nitrogen and oxygen atoms in total. The summed E-state index contributed by atoms with van der Waals surface area (Å²) in [4.78, 5) is 25.8. The van der Waals surface area contributed by atoms with Crippen molar-refractivity contribution in [2.45, 2.75) is 32.2 Å². The van der Waals surface area contributed by atoms with E-state index >= 15 is 0 Å². The summed E-state index contributed by atoms with van der Waals surface area (Å²) in [6, 6.07) is 21.1. The van der Waals surface area contributed by atoms with Crippen LogP contribution in [0.1, 0.15) is 40.9 Å². The number of ether oxygens (including phenoxy) is 2. The number of carbonyl (C=O) groups is 1. The van der Waals surface area contributed by atoms with E-state index in [-0.39, 0.29) is 5.91 Å². The van der Waals surface area contributed by atoms with Crippen LogP contribution < -0.4 is 20.1 Å². The van der Waals surface area contributed by atoms with Crippen LogP contribution in [0.3, 0.4) is 0 Å². The second-order valence-electron chi connectivity index (χ2n) is 9.72. The summed E-state index contributed by atoms with van der Waals surface area (Å²) >= 11 is 1.40. The first-order valence-electron chi connectivity index (χ1n) is 13.7. The minimum Gasteiger partial charge on any atom is -0.497 e. The van der Waals surface area contributed by atoms with E-state index in [1.807, 2.05) is 66.7 Å². The summed E-state index contributed by atoms with van der Waals surface area (Å²) < 4.78 is 11.3. The van der Waals surface area contributed by atoms with Gasteiger partial charge in [-0.15, -0.1) is 11.3 Å². The topological polar surface area (TPSA) is 88.6 Å². The molecule has 2 aromatic carbocycles. The van der Waals surface area contributed by atoms with Crippen molar-refractivity contribution in [3.8, 4) is 22.1 Å². The zero-order chi connectivity index (χ0) is 27.6. The molecule has 0 bridgehead atoms. The van der Waals surface area contributed by atoms with E-state index in [2.05, 4.69) is 25.5 Å². The van der Waals surface area contributed by atoms with Crippen LogP contribution in [0.4, 0.5) is 11.6 Å². The van der Waals surface area contributed by atoms with Crippen LogP contribution >= 0.6 is 11.3 Å². The molecule has 1 aliphatic rings. The van der Waals surface area contributed by atoms with Crippen LogP contribution in [0.2, 0.25) is 0 Å². The van der Waals surface area contributed by atoms with Gasteiger partial charge in [-0.05, 0) is 80.4 Å². The van der Waals surface area contributed by atoms with E-state index in [0.717, 1.165) is 46.3 Å². The summed E-state index contributed by atoms with van der Waals surface area (Å²) in [6.07, 6.45) is 6.72. The van der Waals surface area contributed by atoms with Crippen LogP contribution in [0.15, 0.2) is 72.9 Å². The molecule has 9 heteroatoms. The van der Waals surface area contributed by atoms with Gasteiger partial charge in [-0.1, -0.05) is 24.6 Å². The monoisotopic (exact) mass is 557 g/mol. The third kappa shape index (κ3) is 7.80. The lowest BCUT2D eigenvalue weighted by molar-refractivity contribution is 0.0955. The molecule has 1 amide bonds. The zero-order valence-corrected chi connectivity index (χ0v) is 23.6. The lowest BCUT2D eigenvalue weighted by atomic mass is 10.1. The predicted molar refractivity (Wildman–Crippen MR) is 160 cm³/mol. The van der Waals surface area contributed by atoms with Gasteiger partial charge in [0.25, 0.3) is 5.91 Å². The van der Waals surface area contributed by atoms with Crippen molar-refractivity contribution in [1.29, 1.82) is 0 Å². The molecule has 0 atom stereocenters. The molecular formula is C31H35N5O3S. The first-order chi connectivity index (χ1) is 19.7. The van der Waals surface area contributed by atoms with Gasteiger partial charge < -0.3 is 25.0 Å². The number of likely N-dealkylation sites (tertiary alicyclic amines) is 1. The Kier molecular flexibility index (Phi) is 9.60. The molecule has 0 spiro atoms. The highest BCUT2D eigenvalue weighted by atomic mass is 32.1. The number of hydrogen-bond donors (Lipinski definition) is 2. The second kappa shape index (κ2) is 13.9. The van der Waals surface area contributed by atoms with Gasteiger partial charge in [0.05, 0.1) is 29.2 Å². The van der Waals surface area contributed by atoms with Crippen LogP contribution in [0.5, 0.6) is 11.5 Å². The minimum atomic E-state index is -0.126. The smallest absolute Gasteiger partial charge is 0.261 e. The van der Waals surface area contributed by atoms with Crippen LogP contribution in [-0.4, -0.2) is 54.1 Å². The number of carbonyl (C=O) groups excluding carboxylic acids is 1. The minimum absolute atomic E-state index is 0.126. The van der Waals surface area contributed by atoms with Gasteiger partial charge in [0, 0.05) is 31.0 Å². The number of rotatable bonds is 12. The van der Waals surface area contributed by atoms with Gasteiger partial charge in [0.15, 0.2) is 0 Å².